The Kier molecular flexibility index (Phi) is 8.15. The van der Waals surface area contributed by atoms with Crippen molar-refractivity contribution in [3.8, 4) is 23.0 Å². The first-order valence-electron chi connectivity index (χ1n) is 14.5. The molecule has 0 unspecified atom stereocenters. The first-order valence-corrected chi connectivity index (χ1v) is 14.5. The van der Waals surface area contributed by atoms with Crippen LogP contribution in [0, 0.1) is 12.7 Å². The van der Waals surface area contributed by atoms with Gasteiger partial charge in [0.15, 0.2) is 0 Å². The Bertz CT molecular complexity index is 2440. The minimum absolute atomic E-state index is 0. The van der Waals surface area contributed by atoms with Crippen molar-refractivity contribution in [2.45, 2.75) is 0 Å². The maximum Gasteiger partial charge on any atom is 2.00 e. The molecule has 0 aliphatic heterocycles. The Balaban J connectivity index is 0.000000146. The van der Waals surface area contributed by atoms with Gasteiger partial charge in [0, 0.05) is 39.1 Å². The van der Waals surface area contributed by atoms with Crippen LogP contribution in [0.1, 0.15) is 0 Å². The number of para-hydroxylation sites is 2. The Hall–Kier alpha value is -5.18. The third-order valence-corrected chi connectivity index (χ3v) is 8.07. The van der Waals surface area contributed by atoms with Crippen molar-refractivity contribution in [3.63, 3.8) is 0 Å². The van der Waals surface area contributed by atoms with Crippen LogP contribution >= 0.6 is 0 Å². The molecule has 8 aromatic heterocycles. The average Bonchev–Trinajstić information content (AvgIpc) is 3.88. The van der Waals surface area contributed by atoms with Crippen LogP contribution in [0.15, 0.2) is 111 Å². The van der Waals surface area contributed by atoms with Gasteiger partial charge in [0.05, 0.1) is 24.3 Å². The number of fused-ring (bicyclic) bond motifs is 6. The van der Waals surface area contributed by atoms with Gasteiger partial charge >= 0.3 is 42.1 Å². The number of aryl methyl sites for hydroxylation is 2. The number of benzene rings is 2. The maximum atomic E-state index is 4.86. The molecule has 240 valence electrons. The van der Waals surface area contributed by atoms with E-state index >= 15 is 0 Å². The number of aromatic nitrogens is 12. The summed E-state index contributed by atoms with van der Waals surface area (Å²) in [6.07, 6.45) is 24.6. The van der Waals surface area contributed by atoms with Crippen LogP contribution < -0.4 is 9.97 Å². The number of imidazole rings is 4. The summed E-state index contributed by atoms with van der Waals surface area (Å²) in [4.78, 5) is 26.6. The summed E-state index contributed by atoms with van der Waals surface area (Å²) in [5.74, 6) is 1.72. The van der Waals surface area contributed by atoms with Crippen molar-refractivity contribution in [1.82, 2.24) is 57.3 Å². The second-order valence-corrected chi connectivity index (χ2v) is 11.0. The van der Waals surface area contributed by atoms with Crippen molar-refractivity contribution < 1.29 is 42.1 Å². The molecule has 0 fully saturated rings. The molecule has 2 aromatic carbocycles. The molecule has 14 heteroatoms. The standard InChI is InChI=1S/2C17H12N6.2Pt/c2*1-21-9-15(19-11-21)23-7-5-13-12-3-2-4-14(16(12)20-17(13)23)22-8-6-18-10-22;;/h2*2-9,11H,1H3;;/q2*-2;2*+2. The first kappa shape index (κ1) is 31.4. The van der Waals surface area contributed by atoms with Gasteiger partial charge in [0.2, 0.25) is 0 Å². The fourth-order valence-corrected chi connectivity index (χ4v) is 5.97. The molecular formula is C34H24N12Pt2. The van der Waals surface area contributed by atoms with E-state index in [9.17, 15) is 0 Å². The second-order valence-electron chi connectivity index (χ2n) is 11.0. The molecule has 8 heterocycles. The van der Waals surface area contributed by atoms with Gasteiger partial charge in [-0.25, -0.2) is 9.97 Å². The van der Waals surface area contributed by atoms with Crippen LogP contribution in [0.2, 0.25) is 0 Å². The fourth-order valence-electron chi connectivity index (χ4n) is 5.97. The first-order chi connectivity index (χ1) is 22.6. The molecule has 0 spiro atoms. The molecule has 0 aliphatic carbocycles. The van der Waals surface area contributed by atoms with Crippen molar-refractivity contribution in [1.29, 1.82) is 0 Å². The van der Waals surface area contributed by atoms with Crippen LogP contribution in [-0.4, -0.2) is 47.3 Å². The van der Waals surface area contributed by atoms with Gasteiger partial charge in [-0.3, -0.25) is 0 Å². The fraction of sp³-hybridized carbons (Fsp3) is 0.0588. The number of rotatable bonds is 4. The number of nitrogens with zero attached hydrogens (tertiary/aromatic N) is 12. The Labute approximate surface area is 302 Å². The molecule has 0 N–H and O–H groups in total. The van der Waals surface area contributed by atoms with E-state index in [1.54, 1.807) is 25.0 Å². The van der Waals surface area contributed by atoms with E-state index in [-0.39, 0.29) is 42.1 Å². The average molecular weight is 991 g/mol. The van der Waals surface area contributed by atoms with E-state index < -0.39 is 0 Å². The van der Waals surface area contributed by atoms with Crippen LogP contribution in [-0.2, 0) is 56.2 Å². The van der Waals surface area contributed by atoms with E-state index in [0.29, 0.717) is 0 Å². The summed E-state index contributed by atoms with van der Waals surface area (Å²) in [6, 6.07) is 16.5. The third-order valence-electron chi connectivity index (χ3n) is 8.07. The molecule has 0 atom stereocenters. The summed E-state index contributed by atoms with van der Waals surface area (Å²) in [5, 5.41) is 4.48. The Morgan fingerprint density at radius 2 is 1.02 bits per heavy atom. The van der Waals surface area contributed by atoms with Gasteiger partial charge in [-0.05, 0) is 44.2 Å². The summed E-state index contributed by atoms with van der Waals surface area (Å²) >= 11 is 0. The van der Waals surface area contributed by atoms with Gasteiger partial charge in [-0.1, -0.05) is 96.7 Å². The molecule has 0 radical (unpaired) electrons. The SMILES string of the molecule is Cn1cnc(-n2ccc3c4cccc(-n5[c-]ncc5)c4[n-]c32)c1.Cn1cnc(-n2ccc3c4cccc(-n5[c-]ncc5)c4[n-]c32)c1.[Pt+2].[Pt+2]. The third kappa shape index (κ3) is 5.08. The molecule has 0 saturated carbocycles. The van der Waals surface area contributed by atoms with Crippen LogP contribution in [0.5, 0.6) is 0 Å². The minimum atomic E-state index is 0. The predicted octanol–water partition coefficient (Wildman–Crippen LogP) is 4.92. The minimum Gasteiger partial charge on any atom is -0.441 e. The molecule has 0 aliphatic rings. The second kappa shape index (κ2) is 12.4. The quantitative estimate of drug-likeness (QED) is 0.232. The Morgan fingerprint density at radius 3 is 1.40 bits per heavy atom. The molecule has 12 nitrogen and oxygen atoms in total. The Morgan fingerprint density at radius 1 is 0.562 bits per heavy atom. The van der Waals surface area contributed by atoms with Crippen LogP contribution in [0.4, 0.5) is 0 Å². The van der Waals surface area contributed by atoms with Gasteiger partial charge in [0.1, 0.15) is 0 Å². The summed E-state index contributed by atoms with van der Waals surface area (Å²) < 4.78 is 11.6. The number of hydrogen-bond donors (Lipinski definition) is 0. The van der Waals surface area contributed by atoms with Gasteiger partial charge < -0.3 is 47.3 Å². The van der Waals surface area contributed by atoms with Crippen molar-refractivity contribution in [2.24, 2.45) is 14.1 Å². The zero-order valence-corrected chi connectivity index (χ0v) is 29.9. The topological polar surface area (TPSA) is 109 Å². The summed E-state index contributed by atoms with van der Waals surface area (Å²) in [7, 11) is 3.91. The van der Waals surface area contributed by atoms with E-state index in [4.69, 9.17) is 9.97 Å². The zero-order chi connectivity index (χ0) is 30.8. The monoisotopic (exact) mass is 990 g/mol. The van der Waals surface area contributed by atoms with E-state index in [1.807, 2.05) is 103 Å². The largest absolute Gasteiger partial charge is 2.00 e. The number of hydrogen-bond acceptors (Lipinski definition) is 4. The molecule has 0 bridgehead atoms. The molecule has 0 amide bonds. The summed E-state index contributed by atoms with van der Waals surface area (Å²) in [5.41, 5.74) is 5.65. The van der Waals surface area contributed by atoms with Crippen molar-refractivity contribution >= 4 is 43.9 Å². The molecule has 0 saturated heterocycles. The predicted molar refractivity (Wildman–Crippen MR) is 174 cm³/mol. The molecule has 10 aromatic rings. The zero-order valence-electron chi connectivity index (χ0n) is 25.4. The van der Waals surface area contributed by atoms with Crippen LogP contribution in [0.25, 0.3) is 66.9 Å². The van der Waals surface area contributed by atoms with Crippen molar-refractivity contribution in [3.05, 3.63) is 123 Å². The van der Waals surface area contributed by atoms with E-state index in [2.05, 4.69) is 56.9 Å². The van der Waals surface area contributed by atoms with E-state index in [1.165, 1.54) is 0 Å². The molecule has 10 rings (SSSR count). The van der Waals surface area contributed by atoms with Crippen molar-refractivity contribution in [2.75, 3.05) is 0 Å². The van der Waals surface area contributed by atoms with Gasteiger partial charge in [-0.15, -0.1) is 0 Å². The van der Waals surface area contributed by atoms with E-state index in [0.717, 1.165) is 66.9 Å². The normalized spacial score (nSPS) is 11.2. The van der Waals surface area contributed by atoms with Gasteiger partial charge in [-0.2, -0.15) is 0 Å². The maximum absolute atomic E-state index is 4.86. The van der Waals surface area contributed by atoms with Gasteiger partial charge in [0.25, 0.3) is 0 Å². The van der Waals surface area contributed by atoms with Crippen LogP contribution in [0.3, 0.4) is 0 Å². The summed E-state index contributed by atoms with van der Waals surface area (Å²) in [6.45, 7) is 0. The molecule has 48 heavy (non-hydrogen) atoms. The molecular weight excluding hydrogens is 967 g/mol. The smallest absolute Gasteiger partial charge is 0.441 e.